The quantitative estimate of drug-likeness (QED) is 0.656. The second-order valence-electron chi connectivity index (χ2n) is 6.97. The number of nitrogens with zero attached hydrogens (tertiary/aromatic N) is 1. The lowest BCUT2D eigenvalue weighted by Crippen LogP contribution is -2.28. The summed E-state index contributed by atoms with van der Waals surface area (Å²) in [4.78, 5) is 13.0. The molecule has 134 valence electrons. The average Bonchev–Trinajstić information content (AvgIpc) is 2.57. The molecule has 0 spiro atoms. The SMILES string of the molecule is COc1ccc2c(=O)c3c(O)cc4c(c3n(C)c2c1O)C=CC(C)(C)O4. The van der Waals surface area contributed by atoms with Crippen LogP contribution in [0.3, 0.4) is 0 Å². The highest BCUT2D eigenvalue weighted by Crippen LogP contribution is 2.42. The van der Waals surface area contributed by atoms with Gasteiger partial charge in [-0.15, -0.1) is 0 Å². The van der Waals surface area contributed by atoms with E-state index < -0.39 is 5.60 Å². The smallest absolute Gasteiger partial charge is 0.201 e. The van der Waals surface area contributed by atoms with Gasteiger partial charge in [-0.2, -0.15) is 0 Å². The standard InChI is InChI=1S/C20H19NO5/c1-20(2)8-7-10-14(26-20)9-12(22)15-16(10)21(3)17-11(18(15)23)5-6-13(25-4)19(17)24/h5-9,22,24H,1-4H3. The fourth-order valence-electron chi connectivity index (χ4n) is 3.56. The lowest BCUT2D eigenvalue weighted by atomic mass is 9.98. The van der Waals surface area contributed by atoms with Crippen LogP contribution in [-0.2, 0) is 7.05 Å². The van der Waals surface area contributed by atoms with Crippen LogP contribution < -0.4 is 14.9 Å². The molecule has 1 aliphatic heterocycles. The van der Waals surface area contributed by atoms with Crippen LogP contribution in [0.2, 0.25) is 0 Å². The Hall–Kier alpha value is -3.15. The third kappa shape index (κ3) is 2.08. The normalized spacial score (nSPS) is 15.1. The van der Waals surface area contributed by atoms with Crippen LogP contribution >= 0.6 is 0 Å². The highest BCUT2D eigenvalue weighted by molar-refractivity contribution is 6.03. The van der Waals surface area contributed by atoms with Crippen LogP contribution in [0.15, 0.2) is 29.1 Å². The summed E-state index contributed by atoms with van der Waals surface area (Å²) in [7, 11) is 3.18. The molecule has 2 N–H and O–H groups in total. The van der Waals surface area contributed by atoms with Crippen molar-refractivity contribution in [2.24, 2.45) is 7.05 Å². The Kier molecular flexibility index (Phi) is 3.25. The van der Waals surface area contributed by atoms with Crippen molar-refractivity contribution in [2.75, 3.05) is 7.11 Å². The Morgan fingerprint density at radius 1 is 1.19 bits per heavy atom. The number of aromatic nitrogens is 1. The molecular formula is C20H19NO5. The maximum atomic E-state index is 13.0. The van der Waals surface area contributed by atoms with E-state index in [0.717, 1.165) is 0 Å². The minimum Gasteiger partial charge on any atom is -0.507 e. The van der Waals surface area contributed by atoms with Crippen molar-refractivity contribution >= 4 is 27.9 Å². The van der Waals surface area contributed by atoms with Gasteiger partial charge in [0.15, 0.2) is 11.5 Å². The molecule has 0 saturated heterocycles. The summed E-state index contributed by atoms with van der Waals surface area (Å²) >= 11 is 0. The Bertz CT molecular complexity index is 1170. The van der Waals surface area contributed by atoms with Gasteiger partial charge in [-0.05, 0) is 38.1 Å². The van der Waals surface area contributed by atoms with Crippen molar-refractivity contribution in [2.45, 2.75) is 19.4 Å². The highest BCUT2D eigenvalue weighted by atomic mass is 16.5. The van der Waals surface area contributed by atoms with E-state index in [4.69, 9.17) is 9.47 Å². The molecule has 0 amide bonds. The van der Waals surface area contributed by atoms with E-state index in [1.807, 2.05) is 26.0 Å². The van der Waals surface area contributed by atoms with Crippen molar-refractivity contribution in [1.29, 1.82) is 0 Å². The third-order valence-electron chi connectivity index (χ3n) is 4.78. The van der Waals surface area contributed by atoms with Crippen molar-refractivity contribution in [3.8, 4) is 23.0 Å². The van der Waals surface area contributed by atoms with E-state index in [9.17, 15) is 15.0 Å². The van der Waals surface area contributed by atoms with Gasteiger partial charge in [0.1, 0.15) is 17.1 Å². The molecule has 6 nitrogen and oxygen atoms in total. The average molecular weight is 353 g/mol. The number of aromatic hydroxyl groups is 2. The van der Waals surface area contributed by atoms with Crippen LogP contribution in [0.4, 0.5) is 0 Å². The van der Waals surface area contributed by atoms with E-state index in [2.05, 4.69) is 0 Å². The van der Waals surface area contributed by atoms with Crippen molar-refractivity contribution < 1.29 is 19.7 Å². The van der Waals surface area contributed by atoms with Crippen molar-refractivity contribution in [3.05, 3.63) is 40.1 Å². The van der Waals surface area contributed by atoms with Crippen molar-refractivity contribution in [3.63, 3.8) is 0 Å². The number of phenols is 2. The first-order chi connectivity index (χ1) is 12.2. The molecule has 0 radical (unpaired) electrons. The molecule has 0 atom stereocenters. The zero-order chi connectivity index (χ0) is 18.8. The molecule has 1 aromatic heterocycles. The van der Waals surface area contributed by atoms with Gasteiger partial charge in [-0.25, -0.2) is 0 Å². The fraction of sp³-hybridized carbons (Fsp3) is 0.250. The predicted octanol–water partition coefficient (Wildman–Crippen LogP) is 3.30. The Morgan fingerprint density at radius 3 is 2.62 bits per heavy atom. The molecule has 0 saturated carbocycles. The second-order valence-corrected chi connectivity index (χ2v) is 6.97. The molecule has 6 heteroatoms. The minimum absolute atomic E-state index is 0.121. The molecular weight excluding hydrogens is 334 g/mol. The lowest BCUT2D eigenvalue weighted by Gasteiger charge is -2.29. The van der Waals surface area contributed by atoms with Gasteiger partial charge in [0.05, 0.1) is 28.9 Å². The monoisotopic (exact) mass is 353 g/mol. The summed E-state index contributed by atoms with van der Waals surface area (Å²) < 4.78 is 12.8. The number of rotatable bonds is 1. The second kappa shape index (κ2) is 5.17. The summed E-state index contributed by atoms with van der Waals surface area (Å²) in [5.41, 5.74) is 0.639. The van der Waals surface area contributed by atoms with E-state index in [0.29, 0.717) is 27.7 Å². The first-order valence-corrected chi connectivity index (χ1v) is 8.22. The number of benzene rings is 2. The van der Waals surface area contributed by atoms with Gasteiger partial charge in [0.2, 0.25) is 5.43 Å². The molecule has 26 heavy (non-hydrogen) atoms. The van der Waals surface area contributed by atoms with Crippen LogP contribution in [0.25, 0.3) is 27.9 Å². The predicted molar refractivity (Wildman–Crippen MR) is 100 cm³/mol. The topological polar surface area (TPSA) is 80.9 Å². The zero-order valence-electron chi connectivity index (χ0n) is 15.0. The maximum absolute atomic E-state index is 13.0. The first kappa shape index (κ1) is 16.3. The molecule has 2 heterocycles. The summed E-state index contributed by atoms with van der Waals surface area (Å²) in [5.74, 6) is 0.486. The number of phenolic OH excluding ortho intramolecular Hbond substituents is 2. The number of fused-ring (bicyclic) bond motifs is 4. The molecule has 1 aliphatic rings. The van der Waals surface area contributed by atoms with Gasteiger partial charge in [0.25, 0.3) is 0 Å². The summed E-state index contributed by atoms with van der Waals surface area (Å²) in [6, 6.07) is 4.59. The van der Waals surface area contributed by atoms with Gasteiger partial charge < -0.3 is 24.3 Å². The van der Waals surface area contributed by atoms with Crippen LogP contribution in [0.5, 0.6) is 23.0 Å². The van der Waals surface area contributed by atoms with Crippen LogP contribution in [-0.4, -0.2) is 27.5 Å². The van der Waals surface area contributed by atoms with Crippen LogP contribution in [0.1, 0.15) is 19.4 Å². The third-order valence-corrected chi connectivity index (χ3v) is 4.78. The molecule has 0 fully saturated rings. The Labute approximate surface area is 149 Å². The van der Waals surface area contributed by atoms with E-state index in [1.165, 1.54) is 19.2 Å². The van der Waals surface area contributed by atoms with Gasteiger partial charge in [-0.1, -0.05) is 0 Å². The summed E-state index contributed by atoms with van der Waals surface area (Å²) in [6.45, 7) is 3.81. The number of ether oxygens (including phenoxy) is 2. The Morgan fingerprint density at radius 2 is 1.92 bits per heavy atom. The molecule has 0 bridgehead atoms. The van der Waals surface area contributed by atoms with Gasteiger partial charge in [-0.3, -0.25) is 4.79 Å². The zero-order valence-corrected chi connectivity index (χ0v) is 15.0. The summed E-state index contributed by atoms with van der Waals surface area (Å²) in [6.07, 6.45) is 3.77. The highest BCUT2D eigenvalue weighted by Gasteiger charge is 2.27. The van der Waals surface area contributed by atoms with Gasteiger partial charge >= 0.3 is 0 Å². The van der Waals surface area contributed by atoms with Crippen molar-refractivity contribution in [1.82, 2.24) is 4.57 Å². The molecule has 3 aromatic rings. The minimum atomic E-state index is -0.520. The van der Waals surface area contributed by atoms with E-state index >= 15 is 0 Å². The number of hydrogen-bond acceptors (Lipinski definition) is 5. The number of pyridine rings is 1. The number of methoxy groups -OCH3 is 1. The first-order valence-electron chi connectivity index (χ1n) is 8.22. The molecule has 0 aliphatic carbocycles. The number of hydrogen-bond donors (Lipinski definition) is 2. The maximum Gasteiger partial charge on any atom is 0.201 e. The fourth-order valence-corrected chi connectivity index (χ4v) is 3.56. The van der Waals surface area contributed by atoms with Gasteiger partial charge in [0, 0.05) is 18.7 Å². The van der Waals surface area contributed by atoms with E-state index in [1.54, 1.807) is 17.7 Å². The molecule has 4 rings (SSSR count). The summed E-state index contributed by atoms with van der Waals surface area (Å²) in [5, 5.41) is 21.6. The number of aryl methyl sites for hydroxylation is 1. The van der Waals surface area contributed by atoms with Crippen LogP contribution in [0, 0.1) is 0 Å². The lowest BCUT2D eigenvalue weighted by molar-refractivity contribution is 0.159. The molecule has 2 aromatic carbocycles. The Balaban J connectivity index is 2.26. The van der Waals surface area contributed by atoms with E-state index in [-0.39, 0.29) is 28.1 Å². The largest absolute Gasteiger partial charge is 0.507 e. The molecule has 0 unspecified atom stereocenters.